The minimum atomic E-state index is -0.733. The summed E-state index contributed by atoms with van der Waals surface area (Å²) in [6, 6.07) is 6.02. The third-order valence-electron chi connectivity index (χ3n) is 2.01. The molecule has 0 saturated carbocycles. The van der Waals surface area contributed by atoms with E-state index in [9.17, 15) is 0 Å². The fourth-order valence-electron chi connectivity index (χ4n) is 1.11. The van der Waals surface area contributed by atoms with Gasteiger partial charge in [0.25, 0.3) is 0 Å². The number of benzene rings is 1. The van der Waals surface area contributed by atoms with E-state index in [-0.39, 0.29) is 5.75 Å². The zero-order valence-corrected chi connectivity index (χ0v) is 7.72. The number of aliphatic hydroxyl groups excluding tert-OH is 1. The predicted octanol–water partition coefficient (Wildman–Crippen LogP) is 0.712. The van der Waals surface area contributed by atoms with Crippen LogP contribution in [0.25, 0.3) is 0 Å². The third kappa shape index (κ3) is 3.06. The molecule has 0 aliphatic carbocycles. The first kappa shape index (κ1) is 10.5. The second kappa shape index (κ2) is 4.62. The van der Waals surface area contributed by atoms with Crippen molar-refractivity contribution >= 4 is 5.97 Å². The number of carboxylic acid groups (broad SMARTS) is 1. The molecule has 1 unspecified atom stereocenters. The average molecular weight is 196 g/mol. The average Bonchev–Trinajstić information content (AvgIpc) is 2.16. The molecule has 5 N–H and O–H groups in total. The summed E-state index contributed by atoms with van der Waals surface area (Å²) < 4.78 is 0. The lowest BCUT2D eigenvalue weighted by atomic mass is 10.1. The number of phenolic OH excluding ortho intramolecular Hbond substituents is 1. The number of aryl methyl sites for hydroxylation is 1. The van der Waals surface area contributed by atoms with E-state index in [2.05, 4.69) is 0 Å². The van der Waals surface area contributed by atoms with Crippen LogP contribution >= 0.6 is 0 Å². The van der Waals surface area contributed by atoms with E-state index in [4.69, 9.17) is 20.7 Å². The quantitative estimate of drug-likeness (QED) is 0.620. The van der Waals surface area contributed by atoms with Crippen LogP contribution in [0, 0.1) is 0 Å². The number of nitrogens with two attached hydrogens (primary N) is 1. The van der Waals surface area contributed by atoms with Gasteiger partial charge in [-0.15, -0.1) is 0 Å². The molecule has 76 valence electrons. The first-order valence-corrected chi connectivity index (χ1v) is 4.38. The van der Waals surface area contributed by atoms with Crippen LogP contribution < -0.4 is 5.73 Å². The predicted molar refractivity (Wildman–Crippen MR) is 54.0 cm³/mol. The fraction of sp³-hybridized carbons (Fsp3) is 0.300. The molecule has 4 heteroatoms. The minimum Gasteiger partial charge on any atom is -0.508 e. The van der Waals surface area contributed by atoms with Gasteiger partial charge in [0.2, 0.25) is 0 Å². The highest BCUT2D eigenvalue weighted by molar-refractivity contribution is 5.74. The van der Waals surface area contributed by atoms with Gasteiger partial charge in [0.1, 0.15) is 5.75 Å². The SMILES string of the molecule is NC(CCc1ccc(O)cc1)C(O)=[OH+]. The first-order chi connectivity index (χ1) is 6.59. The molecule has 0 aliphatic heterocycles. The lowest BCUT2D eigenvalue weighted by Crippen LogP contribution is -2.30. The van der Waals surface area contributed by atoms with Gasteiger partial charge in [-0.2, -0.15) is 0 Å². The van der Waals surface area contributed by atoms with E-state index in [0.717, 1.165) is 5.56 Å². The number of hydrogen-bond acceptors (Lipinski definition) is 2. The summed E-state index contributed by atoms with van der Waals surface area (Å²) in [5, 5.41) is 17.7. The highest BCUT2D eigenvalue weighted by atomic mass is 16.4. The standard InChI is InChI=1S/C10H13NO3/c11-9(10(13)14)6-3-7-1-4-8(12)5-2-7/h1-2,4-5,9,12H,3,6,11H2,(H,13,14)/p+1. The van der Waals surface area contributed by atoms with Crippen LogP contribution in [0.3, 0.4) is 0 Å². The molecular formula is C10H14NO3+. The molecule has 1 aromatic rings. The van der Waals surface area contributed by atoms with E-state index >= 15 is 0 Å². The number of hydrogen-bond donors (Lipinski definition) is 3. The molecule has 0 saturated heterocycles. The van der Waals surface area contributed by atoms with Crippen molar-refractivity contribution in [1.29, 1.82) is 0 Å². The number of carboxylic acids is 1. The monoisotopic (exact) mass is 196 g/mol. The zero-order chi connectivity index (χ0) is 10.6. The third-order valence-corrected chi connectivity index (χ3v) is 2.01. The van der Waals surface area contributed by atoms with E-state index in [1.54, 1.807) is 24.3 Å². The van der Waals surface area contributed by atoms with Crippen molar-refractivity contribution in [2.45, 2.75) is 18.9 Å². The Bertz CT molecular complexity index is 308. The Morgan fingerprint density at radius 3 is 2.43 bits per heavy atom. The van der Waals surface area contributed by atoms with Gasteiger partial charge >= 0.3 is 5.97 Å². The van der Waals surface area contributed by atoms with Crippen LogP contribution in [0.2, 0.25) is 0 Å². The van der Waals surface area contributed by atoms with Gasteiger partial charge in [0.15, 0.2) is 6.04 Å². The second-order valence-corrected chi connectivity index (χ2v) is 3.17. The molecule has 1 rings (SSSR count). The first-order valence-electron chi connectivity index (χ1n) is 4.38. The summed E-state index contributed by atoms with van der Waals surface area (Å²) in [7, 11) is 0. The highest BCUT2D eigenvalue weighted by Crippen LogP contribution is 2.11. The van der Waals surface area contributed by atoms with Crippen LogP contribution in [-0.4, -0.2) is 27.0 Å². The Hall–Kier alpha value is -1.55. The van der Waals surface area contributed by atoms with Crippen molar-refractivity contribution < 1.29 is 15.0 Å². The molecule has 0 radical (unpaired) electrons. The Labute approximate surface area is 82.0 Å². The highest BCUT2D eigenvalue weighted by Gasteiger charge is 2.17. The van der Waals surface area contributed by atoms with E-state index < -0.39 is 12.0 Å². The Morgan fingerprint density at radius 2 is 1.93 bits per heavy atom. The van der Waals surface area contributed by atoms with E-state index in [0.29, 0.717) is 12.8 Å². The summed E-state index contributed by atoms with van der Waals surface area (Å²) in [4.78, 5) is 8.65. The van der Waals surface area contributed by atoms with Crippen molar-refractivity contribution in [2.75, 3.05) is 0 Å². The van der Waals surface area contributed by atoms with Crippen LogP contribution in [0.1, 0.15) is 12.0 Å². The molecule has 14 heavy (non-hydrogen) atoms. The van der Waals surface area contributed by atoms with Gasteiger partial charge in [-0.05, 0) is 30.5 Å². The lowest BCUT2D eigenvalue weighted by molar-refractivity contribution is 0.418. The van der Waals surface area contributed by atoms with Gasteiger partial charge in [-0.1, -0.05) is 12.1 Å². The second-order valence-electron chi connectivity index (χ2n) is 3.17. The van der Waals surface area contributed by atoms with Crippen LogP contribution in [0.15, 0.2) is 24.3 Å². The van der Waals surface area contributed by atoms with Gasteiger partial charge in [-0.3, -0.25) is 0 Å². The molecule has 0 aliphatic rings. The molecule has 1 aromatic carbocycles. The number of aliphatic carboxylic acids is 1. The van der Waals surface area contributed by atoms with E-state index in [1.165, 1.54) is 0 Å². The van der Waals surface area contributed by atoms with Crippen LogP contribution in [0.5, 0.6) is 5.75 Å². The van der Waals surface area contributed by atoms with Gasteiger partial charge in [0, 0.05) is 0 Å². The Balaban J connectivity index is 2.46. The van der Waals surface area contributed by atoms with Gasteiger partial charge in [0.05, 0.1) is 0 Å². The normalized spacial score (nSPS) is 12.4. The fourth-order valence-corrected chi connectivity index (χ4v) is 1.11. The van der Waals surface area contributed by atoms with Crippen molar-refractivity contribution in [3.8, 4) is 5.75 Å². The number of phenols is 1. The summed E-state index contributed by atoms with van der Waals surface area (Å²) in [6.45, 7) is 0. The van der Waals surface area contributed by atoms with Crippen molar-refractivity contribution in [3.63, 3.8) is 0 Å². The molecule has 0 spiro atoms. The maximum atomic E-state index is 9.01. The smallest absolute Gasteiger partial charge is 0.498 e. The van der Waals surface area contributed by atoms with Crippen molar-refractivity contribution in [1.82, 2.24) is 0 Å². The van der Waals surface area contributed by atoms with Crippen molar-refractivity contribution in [2.24, 2.45) is 5.73 Å². The largest absolute Gasteiger partial charge is 0.508 e. The maximum absolute atomic E-state index is 9.01. The summed E-state index contributed by atoms with van der Waals surface area (Å²) >= 11 is 0. The van der Waals surface area contributed by atoms with Crippen LogP contribution in [-0.2, 0) is 6.42 Å². The molecule has 4 nitrogen and oxygen atoms in total. The minimum absolute atomic E-state index is 0.217. The van der Waals surface area contributed by atoms with Gasteiger partial charge < -0.3 is 20.7 Å². The molecule has 0 fully saturated rings. The topological polar surface area (TPSA) is 87.9 Å². The summed E-state index contributed by atoms with van der Waals surface area (Å²) in [5.74, 6) is -0.515. The lowest BCUT2D eigenvalue weighted by Gasteiger charge is -2.02. The van der Waals surface area contributed by atoms with Crippen molar-refractivity contribution in [3.05, 3.63) is 29.8 Å². The van der Waals surface area contributed by atoms with E-state index in [1.807, 2.05) is 0 Å². The Morgan fingerprint density at radius 1 is 1.36 bits per heavy atom. The molecule has 0 heterocycles. The van der Waals surface area contributed by atoms with Crippen LogP contribution in [0.4, 0.5) is 0 Å². The zero-order valence-electron chi connectivity index (χ0n) is 7.72. The number of aromatic hydroxyl groups is 1. The molecular weight excluding hydrogens is 182 g/mol. The summed E-state index contributed by atoms with van der Waals surface area (Å²) in [5.41, 5.74) is 6.41. The molecule has 1 atom stereocenters. The maximum Gasteiger partial charge on any atom is 0.498 e. The Kier molecular flexibility index (Phi) is 3.48. The number of rotatable bonds is 4. The summed E-state index contributed by atoms with van der Waals surface area (Å²) in [6.07, 6.45) is 1.11. The molecule has 0 aromatic heterocycles. The van der Waals surface area contributed by atoms with Gasteiger partial charge in [-0.25, -0.2) is 0 Å². The molecule has 0 bridgehead atoms. The molecule has 0 amide bonds.